The Labute approximate surface area is 173 Å². The number of ether oxygens (including phenoxy) is 1. The van der Waals surface area contributed by atoms with E-state index < -0.39 is 11.9 Å². The maximum Gasteiger partial charge on any atom is 0.321 e. The Morgan fingerprint density at radius 3 is 2.69 bits per heavy atom. The van der Waals surface area contributed by atoms with Gasteiger partial charge in [0.1, 0.15) is 5.75 Å². The largest absolute Gasteiger partial charge is 0.497 e. The topological polar surface area (TPSA) is 80.3 Å². The number of rotatable bonds is 7. The number of thioether (sulfide) groups is 1. The summed E-state index contributed by atoms with van der Waals surface area (Å²) in [7, 11) is 1.61. The number of hydrogen-bond acceptors (Lipinski definition) is 5. The summed E-state index contributed by atoms with van der Waals surface area (Å²) in [6.07, 6.45) is 1.54. The minimum absolute atomic E-state index is 0.0677. The summed E-state index contributed by atoms with van der Waals surface area (Å²) < 4.78 is 5.32. The van der Waals surface area contributed by atoms with Gasteiger partial charge in [0.15, 0.2) is 0 Å². The molecule has 0 aliphatic heterocycles. The first-order valence-electron chi connectivity index (χ1n) is 8.96. The maximum absolute atomic E-state index is 12.0. The molecular formula is C22H21N3O3S. The molecule has 3 rings (SSSR count). The average molecular weight is 407 g/mol. The van der Waals surface area contributed by atoms with Crippen molar-refractivity contribution < 1.29 is 14.3 Å². The minimum atomic E-state index is -0.545. The fourth-order valence-electron chi connectivity index (χ4n) is 2.75. The molecule has 0 aliphatic rings. The van der Waals surface area contributed by atoms with Gasteiger partial charge in [-0.05, 0) is 29.3 Å². The molecule has 0 spiro atoms. The number of nitrogens with zero attached hydrogens (tertiary/aromatic N) is 1. The van der Waals surface area contributed by atoms with Crippen molar-refractivity contribution in [3.63, 3.8) is 0 Å². The number of carbonyl (C=O) groups is 2. The Morgan fingerprint density at radius 1 is 1.17 bits per heavy atom. The van der Waals surface area contributed by atoms with Gasteiger partial charge in [-0.1, -0.05) is 48.2 Å². The highest BCUT2D eigenvalue weighted by atomic mass is 32.2. The van der Waals surface area contributed by atoms with E-state index in [1.807, 2.05) is 54.6 Å². The predicted octanol–water partition coefficient (Wildman–Crippen LogP) is 4.01. The number of hydrogen-bond donors (Lipinski definition) is 2. The molecule has 2 N–H and O–H groups in total. The van der Waals surface area contributed by atoms with E-state index in [9.17, 15) is 9.59 Å². The van der Waals surface area contributed by atoms with Crippen molar-refractivity contribution in [2.45, 2.75) is 5.03 Å². The Morgan fingerprint density at radius 2 is 1.97 bits per heavy atom. The molecule has 1 heterocycles. The lowest BCUT2D eigenvalue weighted by Gasteiger charge is -2.11. The highest BCUT2D eigenvalue weighted by Crippen LogP contribution is 2.33. The zero-order valence-corrected chi connectivity index (χ0v) is 16.8. The number of urea groups is 1. The number of amides is 3. The van der Waals surface area contributed by atoms with E-state index in [0.29, 0.717) is 17.3 Å². The lowest BCUT2D eigenvalue weighted by Crippen LogP contribution is -2.40. The van der Waals surface area contributed by atoms with Crippen molar-refractivity contribution in [2.75, 3.05) is 19.4 Å². The number of fused-ring (bicyclic) bond motifs is 1. The molecule has 0 bridgehead atoms. The summed E-state index contributed by atoms with van der Waals surface area (Å²) in [6.45, 7) is 3.80. The number of aromatic nitrogens is 1. The van der Waals surface area contributed by atoms with E-state index in [0.717, 1.165) is 22.0 Å². The van der Waals surface area contributed by atoms with Gasteiger partial charge in [-0.15, -0.1) is 6.58 Å². The highest BCUT2D eigenvalue weighted by Gasteiger charge is 2.12. The number of benzene rings is 2. The van der Waals surface area contributed by atoms with E-state index in [2.05, 4.69) is 22.2 Å². The van der Waals surface area contributed by atoms with Crippen LogP contribution >= 0.6 is 11.8 Å². The number of imide groups is 1. The van der Waals surface area contributed by atoms with Crippen LogP contribution in [0.1, 0.15) is 0 Å². The summed E-state index contributed by atoms with van der Waals surface area (Å²) in [5.41, 5.74) is 2.85. The van der Waals surface area contributed by atoms with Crippen molar-refractivity contribution in [1.29, 1.82) is 0 Å². The van der Waals surface area contributed by atoms with Gasteiger partial charge in [-0.3, -0.25) is 10.1 Å². The number of nitrogens with one attached hydrogen (secondary N) is 2. The van der Waals surface area contributed by atoms with Crippen LogP contribution in [-0.2, 0) is 4.79 Å². The van der Waals surface area contributed by atoms with Crippen molar-refractivity contribution >= 4 is 34.6 Å². The molecule has 3 amide bonds. The highest BCUT2D eigenvalue weighted by molar-refractivity contribution is 7.99. The van der Waals surface area contributed by atoms with E-state index in [-0.39, 0.29) is 5.75 Å². The molecule has 7 heteroatoms. The van der Waals surface area contributed by atoms with Gasteiger partial charge >= 0.3 is 6.03 Å². The standard InChI is InChI=1S/C22H21N3O3S/c1-3-11-23-22(27)25-20(26)14-29-21-13-18(15-7-5-4-6-8-15)17-10-9-16(28-2)12-19(17)24-21/h3-10,12-13H,1,11,14H2,2H3,(H2,23,25,26,27). The molecule has 0 saturated heterocycles. The average Bonchev–Trinajstić information content (AvgIpc) is 2.75. The first-order chi connectivity index (χ1) is 14.1. The van der Waals surface area contributed by atoms with Crippen LogP contribution in [0.2, 0.25) is 0 Å². The number of pyridine rings is 1. The second-order valence-electron chi connectivity index (χ2n) is 6.09. The van der Waals surface area contributed by atoms with Gasteiger partial charge in [0.25, 0.3) is 0 Å². The van der Waals surface area contributed by atoms with Crippen LogP contribution in [0.4, 0.5) is 4.79 Å². The van der Waals surface area contributed by atoms with Crippen molar-refractivity contribution in [1.82, 2.24) is 15.6 Å². The van der Waals surface area contributed by atoms with Gasteiger partial charge in [-0.25, -0.2) is 9.78 Å². The molecular weight excluding hydrogens is 386 g/mol. The molecule has 148 valence electrons. The first-order valence-corrected chi connectivity index (χ1v) is 9.95. The molecule has 0 fully saturated rings. The van der Waals surface area contributed by atoms with Gasteiger partial charge < -0.3 is 10.1 Å². The zero-order chi connectivity index (χ0) is 20.6. The fraction of sp³-hybridized carbons (Fsp3) is 0.136. The van der Waals surface area contributed by atoms with Crippen LogP contribution in [0.25, 0.3) is 22.0 Å². The predicted molar refractivity (Wildman–Crippen MR) is 116 cm³/mol. The maximum atomic E-state index is 12.0. The van der Waals surface area contributed by atoms with Crippen LogP contribution < -0.4 is 15.4 Å². The SMILES string of the molecule is C=CCNC(=O)NC(=O)CSc1cc(-c2ccccc2)c2ccc(OC)cc2n1. The Kier molecular flexibility index (Phi) is 6.86. The van der Waals surface area contributed by atoms with Crippen LogP contribution in [0, 0.1) is 0 Å². The van der Waals surface area contributed by atoms with Crippen LogP contribution in [-0.4, -0.2) is 36.3 Å². The quantitative estimate of drug-likeness (QED) is 0.457. The summed E-state index contributed by atoms with van der Waals surface area (Å²) in [5, 5.41) is 6.46. The van der Waals surface area contributed by atoms with Crippen LogP contribution in [0.15, 0.2) is 72.3 Å². The second kappa shape index (κ2) is 9.75. The molecule has 6 nitrogen and oxygen atoms in total. The van der Waals surface area contributed by atoms with Gasteiger partial charge in [0.05, 0.1) is 23.4 Å². The van der Waals surface area contributed by atoms with E-state index in [1.165, 1.54) is 17.8 Å². The van der Waals surface area contributed by atoms with Crippen LogP contribution in [0.3, 0.4) is 0 Å². The summed E-state index contributed by atoms with van der Waals surface area (Å²) in [5.74, 6) is 0.381. The number of carbonyl (C=O) groups excluding carboxylic acids is 2. The summed E-state index contributed by atoms with van der Waals surface area (Å²) in [6, 6.07) is 17.2. The summed E-state index contributed by atoms with van der Waals surface area (Å²) in [4.78, 5) is 28.3. The monoisotopic (exact) mass is 407 g/mol. The van der Waals surface area contributed by atoms with Crippen molar-refractivity contribution in [3.8, 4) is 16.9 Å². The summed E-state index contributed by atoms with van der Waals surface area (Å²) >= 11 is 1.27. The lowest BCUT2D eigenvalue weighted by molar-refractivity contribution is -0.117. The van der Waals surface area contributed by atoms with E-state index >= 15 is 0 Å². The molecule has 0 saturated carbocycles. The van der Waals surface area contributed by atoms with E-state index in [4.69, 9.17) is 4.74 Å². The Hall–Kier alpha value is -3.32. The normalized spacial score (nSPS) is 10.4. The molecule has 0 atom stereocenters. The van der Waals surface area contributed by atoms with Gasteiger partial charge in [0, 0.05) is 18.0 Å². The number of methoxy groups -OCH3 is 1. The molecule has 1 aromatic heterocycles. The van der Waals surface area contributed by atoms with Crippen molar-refractivity contribution in [3.05, 3.63) is 67.3 Å². The third kappa shape index (κ3) is 5.36. The third-order valence-corrected chi connectivity index (χ3v) is 5.00. The molecule has 3 aromatic rings. The minimum Gasteiger partial charge on any atom is -0.497 e. The molecule has 0 aliphatic carbocycles. The van der Waals surface area contributed by atoms with Gasteiger partial charge in [0.2, 0.25) is 5.91 Å². The van der Waals surface area contributed by atoms with Crippen molar-refractivity contribution in [2.24, 2.45) is 0 Å². The molecule has 0 radical (unpaired) electrons. The molecule has 0 unspecified atom stereocenters. The lowest BCUT2D eigenvalue weighted by atomic mass is 10.0. The second-order valence-corrected chi connectivity index (χ2v) is 7.09. The third-order valence-electron chi connectivity index (χ3n) is 4.09. The Bertz CT molecular complexity index is 1040. The van der Waals surface area contributed by atoms with E-state index in [1.54, 1.807) is 7.11 Å². The van der Waals surface area contributed by atoms with Gasteiger partial charge in [-0.2, -0.15) is 0 Å². The smallest absolute Gasteiger partial charge is 0.321 e. The molecule has 29 heavy (non-hydrogen) atoms. The molecule has 2 aromatic carbocycles. The van der Waals surface area contributed by atoms with Crippen LogP contribution in [0.5, 0.6) is 5.75 Å². The fourth-order valence-corrected chi connectivity index (χ4v) is 3.47. The Balaban J connectivity index is 1.85. The first kappa shape index (κ1) is 20.4. The zero-order valence-electron chi connectivity index (χ0n) is 16.0.